The first-order valence-corrected chi connectivity index (χ1v) is 8.22. The minimum absolute atomic E-state index is 0.502. The lowest BCUT2D eigenvalue weighted by molar-refractivity contribution is 0.558. The molecule has 0 saturated heterocycles. The molecule has 0 amide bonds. The van der Waals surface area contributed by atoms with Crippen molar-refractivity contribution in [1.82, 2.24) is 4.98 Å². The summed E-state index contributed by atoms with van der Waals surface area (Å²) < 4.78 is 0. The van der Waals surface area contributed by atoms with Crippen LogP contribution < -0.4 is 0 Å². The Kier molecular flexibility index (Phi) is 8.32. The highest BCUT2D eigenvalue weighted by Gasteiger charge is 2.16. The molecular formula is C16H26BrN. The highest BCUT2D eigenvalue weighted by atomic mass is 79.9. The monoisotopic (exact) mass is 311 g/mol. The van der Waals surface area contributed by atoms with Gasteiger partial charge in [-0.1, -0.05) is 74.4 Å². The molecule has 1 aromatic rings. The number of hydrogen-bond acceptors (Lipinski definition) is 1. The second kappa shape index (κ2) is 9.55. The maximum absolute atomic E-state index is 4.44. The summed E-state index contributed by atoms with van der Waals surface area (Å²) in [7, 11) is 0. The third-order valence-corrected chi connectivity index (χ3v) is 4.78. The van der Waals surface area contributed by atoms with Crippen molar-refractivity contribution in [3.05, 3.63) is 30.1 Å². The first kappa shape index (κ1) is 15.7. The van der Waals surface area contributed by atoms with Crippen molar-refractivity contribution in [2.45, 2.75) is 69.5 Å². The topological polar surface area (TPSA) is 12.9 Å². The number of nitrogens with zero attached hydrogens (tertiary/aromatic N) is 1. The van der Waals surface area contributed by atoms with Crippen molar-refractivity contribution in [3.63, 3.8) is 0 Å². The van der Waals surface area contributed by atoms with Crippen molar-refractivity contribution in [2.24, 2.45) is 0 Å². The van der Waals surface area contributed by atoms with Crippen LogP contribution in [-0.2, 0) is 0 Å². The number of aromatic nitrogens is 1. The Morgan fingerprint density at radius 2 is 1.83 bits per heavy atom. The molecular weight excluding hydrogens is 286 g/mol. The van der Waals surface area contributed by atoms with Crippen LogP contribution in [0.3, 0.4) is 0 Å². The Hall–Kier alpha value is -0.370. The summed E-state index contributed by atoms with van der Waals surface area (Å²) >= 11 is 3.82. The second-order valence-electron chi connectivity index (χ2n) is 5.12. The summed E-state index contributed by atoms with van der Waals surface area (Å²) in [5.41, 5.74) is 1.20. The molecule has 1 rings (SSSR count). The van der Waals surface area contributed by atoms with Crippen molar-refractivity contribution in [1.29, 1.82) is 0 Å². The molecule has 0 fully saturated rings. The molecule has 102 valence electrons. The van der Waals surface area contributed by atoms with Gasteiger partial charge in [0.1, 0.15) is 0 Å². The van der Waals surface area contributed by atoms with Crippen molar-refractivity contribution in [2.75, 3.05) is 0 Å². The first-order chi connectivity index (χ1) is 8.75. The van der Waals surface area contributed by atoms with Crippen molar-refractivity contribution < 1.29 is 0 Å². The molecule has 1 heterocycles. The van der Waals surface area contributed by atoms with Crippen LogP contribution in [0.1, 0.15) is 70.4 Å². The van der Waals surface area contributed by atoms with Crippen LogP contribution in [0, 0.1) is 0 Å². The normalized spacial score (nSPS) is 14.4. The van der Waals surface area contributed by atoms with Gasteiger partial charge >= 0.3 is 0 Å². The Bertz CT molecular complexity index is 299. The summed E-state index contributed by atoms with van der Waals surface area (Å²) in [5.74, 6) is 0.502. The van der Waals surface area contributed by atoms with Gasteiger partial charge in [0, 0.05) is 22.6 Å². The van der Waals surface area contributed by atoms with Crippen LogP contribution in [0.2, 0.25) is 0 Å². The van der Waals surface area contributed by atoms with E-state index < -0.39 is 0 Å². The van der Waals surface area contributed by atoms with Crippen LogP contribution in [0.15, 0.2) is 24.4 Å². The summed E-state index contributed by atoms with van der Waals surface area (Å²) in [6.07, 6.45) is 11.4. The molecule has 0 saturated carbocycles. The maximum atomic E-state index is 4.44. The standard InChI is InChI=1S/C16H26BrN/c1-3-4-5-6-7-8-11-15(17)14(2)16-12-9-10-13-18-16/h9-10,12-15H,3-8,11H2,1-2H3. The number of rotatable bonds is 9. The fourth-order valence-corrected chi connectivity index (χ4v) is 2.79. The van der Waals surface area contributed by atoms with E-state index in [4.69, 9.17) is 0 Å². The highest BCUT2D eigenvalue weighted by molar-refractivity contribution is 9.09. The number of alkyl halides is 1. The molecule has 2 heteroatoms. The third-order valence-electron chi connectivity index (χ3n) is 3.53. The molecule has 0 N–H and O–H groups in total. The molecule has 18 heavy (non-hydrogen) atoms. The van der Waals surface area contributed by atoms with Crippen LogP contribution in [0.4, 0.5) is 0 Å². The highest BCUT2D eigenvalue weighted by Crippen LogP contribution is 2.27. The fourth-order valence-electron chi connectivity index (χ4n) is 2.20. The van der Waals surface area contributed by atoms with Gasteiger partial charge in [-0.15, -0.1) is 0 Å². The Labute approximate surface area is 121 Å². The summed E-state index contributed by atoms with van der Waals surface area (Å²) in [6.45, 7) is 4.53. The minimum atomic E-state index is 0.502. The van der Waals surface area contributed by atoms with Gasteiger partial charge in [0.2, 0.25) is 0 Å². The first-order valence-electron chi connectivity index (χ1n) is 7.30. The zero-order valence-corrected chi connectivity index (χ0v) is 13.3. The van der Waals surface area contributed by atoms with Crippen molar-refractivity contribution >= 4 is 15.9 Å². The van der Waals surface area contributed by atoms with E-state index >= 15 is 0 Å². The summed E-state index contributed by atoms with van der Waals surface area (Å²) in [5, 5.41) is 0. The molecule has 2 atom stereocenters. The van der Waals surface area contributed by atoms with E-state index in [2.05, 4.69) is 46.9 Å². The molecule has 0 aliphatic heterocycles. The predicted octanol–water partition coefficient (Wildman–Crippen LogP) is 5.70. The fraction of sp³-hybridized carbons (Fsp3) is 0.688. The van der Waals surface area contributed by atoms with E-state index in [-0.39, 0.29) is 0 Å². The molecule has 1 nitrogen and oxygen atoms in total. The number of hydrogen-bond donors (Lipinski definition) is 0. The molecule has 1 aromatic heterocycles. The van der Waals surface area contributed by atoms with Gasteiger partial charge in [-0.2, -0.15) is 0 Å². The molecule has 0 spiro atoms. The lowest BCUT2D eigenvalue weighted by Gasteiger charge is -2.17. The average Bonchev–Trinajstić information content (AvgIpc) is 2.42. The molecule has 0 aromatic carbocycles. The smallest absolute Gasteiger partial charge is 0.0442 e. The van der Waals surface area contributed by atoms with Gasteiger partial charge in [-0.05, 0) is 18.6 Å². The summed E-state index contributed by atoms with van der Waals surface area (Å²) in [4.78, 5) is 4.99. The van der Waals surface area contributed by atoms with E-state index in [1.54, 1.807) is 0 Å². The zero-order chi connectivity index (χ0) is 13.2. The van der Waals surface area contributed by atoms with Gasteiger partial charge in [0.15, 0.2) is 0 Å². The van der Waals surface area contributed by atoms with E-state index in [1.165, 1.54) is 50.6 Å². The molecule has 2 unspecified atom stereocenters. The van der Waals surface area contributed by atoms with E-state index in [0.29, 0.717) is 10.7 Å². The van der Waals surface area contributed by atoms with Gasteiger partial charge in [-0.3, -0.25) is 4.98 Å². The lowest BCUT2D eigenvalue weighted by atomic mass is 9.98. The molecule has 0 bridgehead atoms. The lowest BCUT2D eigenvalue weighted by Crippen LogP contribution is -2.10. The van der Waals surface area contributed by atoms with Crippen molar-refractivity contribution in [3.8, 4) is 0 Å². The molecule has 0 radical (unpaired) electrons. The number of halogens is 1. The van der Waals surface area contributed by atoms with Gasteiger partial charge in [0.05, 0.1) is 0 Å². The largest absolute Gasteiger partial charge is 0.261 e. The van der Waals surface area contributed by atoms with Crippen LogP contribution in [0.25, 0.3) is 0 Å². The Morgan fingerprint density at radius 3 is 2.50 bits per heavy atom. The van der Waals surface area contributed by atoms with Crippen LogP contribution in [-0.4, -0.2) is 9.81 Å². The predicted molar refractivity (Wildman–Crippen MR) is 83.4 cm³/mol. The van der Waals surface area contributed by atoms with Crippen LogP contribution in [0.5, 0.6) is 0 Å². The summed E-state index contributed by atoms with van der Waals surface area (Å²) in [6, 6.07) is 6.18. The SMILES string of the molecule is CCCCCCCCC(Br)C(C)c1ccccn1. The molecule has 0 aliphatic rings. The molecule has 0 aliphatic carbocycles. The number of pyridine rings is 1. The average molecular weight is 312 g/mol. The van der Waals surface area contributed by atoms with Gasteiger partial charge in [-0.25, -0.2) is 0 Å². The zero-order valence-electron chi connectivity index (χ0n) is 11.7. The Morgan fingerprint density at radius 1 is 1.11 bits per heavy atom. The quantitative estimate of drug-likeness (QED) is 0.421. The van der Waals surface area contributed by atoms with Crippen LogP contribution >= 0.6 is 15.9 Å². The Balaban J connectivity index is 2.18. The second-order valence-corrected chi connectivity index (χ2v) is 6.29. The van der Waals surface area contributed by atoms with Gasteiger partial charge in [0.25, 0.3) is 0 Å². The van der Waals surface area contributed by atoms with E-state index in [9.17, 15) is 0 Å². The number of unbranched alkanes of at least 4 members (excludes halogenated alkanes) is 5. The third kappa shape index (κ3) is 5.99. The van der Waals surface area contributed by atoms with E-state index in [1.807, 2.05) is 12.3 Å². The van der Waals surface area contributed by atoms with E-state index in [0.717, 1.165) is 0 Å². The van der Waals surface area contributed by atoms with Gasteiger partial charge < -0.3 is 0 Å². The minimum Gasteiger partial charge on any atom is -0.261 e. The maximum Gasteiger partial charge on any atom is 0.0442 e.